The molecule has 0 spiro atoms. The zero-order valence-electron chi connectivity index (χ0n) is 17.0. The minimum absolute atomic E-state index is 0.0493. The standard InChI is InChI=1S/C24H17BrF2N4O2/c25-19-10-6-17(7-11-19)23(32)29-28-14-18-15-31(20-4-2-1-3-5-20)30-22(18)16-8-12-21(13-9-16)33-24(26)27/h1-15,24H,(H,29,32)/b28-14+. The zero-order valence-corrected chi connectivity index (χ0v) is 18.6. The van der Waals surface area contributed by atoms with E-state index in [1.54, 1.807) is 47.3 Å². The van der Waals surface area contributed by atoms with Gasteiger partial charge in [0.2, 0.25) is 0 Å². The van der Waals surface area contributed by atoms with Gasteiger partial charge in [0.15, 0.2) is 0 Å². The van der Waals surface area contributed by atoms with Crippen LogP contribution in [0.2, 0.25) is 0 Å². The quantitative estimate of drug-likeness (QED) is 0.257. The van der Waals surface area contributed by atoms with Crippen LogP contribution in [0.25, 0.3) is 16.9 Å². The first kappa shape index (κ1) is 22.3. The molecule has 9 heteroatoms. The number of rotatable bonds is 7. The molecule has 0 atom stereocenters. The number of para-hydroxylation sites is 1. The number of benzene rings is 3. The number of ether oxygens (including phenoxy) is 1. The number of carbonyl (C=O) groups is 1. The monoisotopic (exact) mass is 510 g/mol. The summed E-state index contributed by atoms with van der Waals surface area (Å²) in [5.74, 6) is -0.308. The molecular weight excluding hydrogens is 494 g/mol. The highest BCUT2D eigenvalue weighted by Crippen LogP contribution is 2.25. The van der Waals surface area contributed by atoms with E-state index in [0.29, 0.717) is 22.4 Å². The Morgan fingerprint density at radius 2 is 1.73 bits per heavy atom. The molecule has 1 aromatic heterocycles. The predicted octanol–water partition coefficient (Wildman–Crippen LogP) is 5.67. The maximum atomic E-state index is 12.5. The van der Waals surface area contributed by atoms with Crippen LogP contribution in [0.5, 0.6) is 5.75 Å². The molecule has 1 amide bonds. The summed E-state index contributed by atoms with van der Waals surface area (Å²) in [6, 6.07) is 22.5. The second-order valence-corrected chi connectivity index (χ2v) is 7.74. The van der Waals surface area contributed by atoms with Crippen LogP contribution in [0.1, 0.15) is 15.9 Å². The summed E-state index contributed by atoms with van der Waals surface area (Å²) in [5.41, 5.74) is 5.65. The average Bonchev–Trinajstić information content (AvgIpc) is 3.24. The smallest absolute Gasteiger partial charge is 0.387 e. The van der Waals surface area contributed by atoms with Crippen molar-refractivity contribution in [3.8, 4) is 22.7 Å². The number of hydrogen-bond acceptors (Lipinski definition) is 4. The molecule has 3 aromatic carbocycles. The van der Waals surface area contributed by atoms with Crippen molar-refractivity contribution >= 4 is 28.1 Å². The third-order valence-corrected chi connectivity index (χ3v) is 5.12. The van der Waals surface area contributed by atoms with Gasteiger partial charge in [-0.05, 0) is 60.7 Å². The Hall–Kier alpha value is -3.85. The number of nitrogens with zero attached hydrogens (tertiary/aromatic N) is 3. The van der Waals surface area contributed by atoms with Crippen molar-refractivity contribution in [3.05, 3.63) is 101 Å². The van der Waals surface area contributed by atoms with Crippen molar-refractivity contribution < 1.29 is 18.3 Å². The third kappa shape index (κ3) is 5.69. The topological polar surface area (TPSA) is 68.5 Å². The molecule has 33 heavy (non-hydrogen) atoms. The van der Waals surface area contributed by atoms with E-state index < -0.39 is 6.61 Å². The van der Waals surface area contributed by atoms with Gasteiger partial charge in [-0.25, -0.2) is 10.1 Å². The second kappa shape index (κ2) is 10.2. The van der Waals surface area contributed by atoms with E-state index in [1.165, 1.54) is 18.3 Å². The van der Waals surface area contributed by atoms with Crippen molar-refractivity contribution in [2.75, 3.05) is 0 Å². The Kier molecular flexibility index (Phi) is 6.89. The van der Waals surface area contributed by atoms with Crippen molar-refractivity contribution in [3.63, 3.8) is 0 Å². The normalized spacial score (nSPS) is 11.2. The van der Waals surface area contributed by atoms with Gasteiger partial charge in [0.1, 0.15) is 11.4 Å². The van der Waals surface area contributed by atoms with Crippen LogP contribution in [0.4, 0.5) is 8.78 Å². The maximum absolute atomic E-state index is 12.5. The van der Waals surface area contributed by atoms with Crippen molar-refractivity contribution in [1.82, 2.24) is 15.2 Å². The number of halogens is 3. The van der Waals surface area contributed by atoms with Crippen LogP contribution in [0.15, 0.2) is 94.6 Å². The molecule has 0 saturated heterocycles. The first-order chi connectivity index (χ1) is 16.0. The molecule has 166 valence electrons. The summed E-state index contributed by atoms with van der Waals surface area (Å²) in [5, 5.41) is 8.70. The van der Waals surface area contributed by atoms with Crippen LogP contribution in [0, 0.1) is 0 Å². The molecule has 6 nitrogen and oxygen atoms in total. The molecule has 4 aromatic rings. The van der Waals surface area contributed by atoms with Gasteiger partial charge in [0.05, 0.1) is 11.9 Å². The van der Waals surface area contributed by atoms with E-state index in [9.17, 15) is 13.6 Å². The van der Waals surface area contributed by atoms with E-state index in [2.05, 4.69) is 36.3 Å². The van der Waals surface area contributed by atoms with Crippen LogP contribution in [-0.2, 0) is 0 Å². The zero-order chi connectivity index (χ0) is 23.2. The summed E-state index contributed by atoms with van der Waals surface area (Å²) in [7, 11) is 0. The molecule has 0 aliphatic heterocycles. The average molecular weight is 511 g/mol. The van der Waals surface area contributed by atoms with E-state index in [-0.39, 0.29) is 11.7 Å². The van der Waals surface area contributed by atoms with E-state index >= 15 is 0 Å². The minimum atomic E-state index is -2.90. The van der Waals surface area contributed by atoms with Gasteiger partial charge >= 0.3 is 6.61 Å². The fourth-order valence-electron chi connectivity index (χ4n) is 3.04. The Morgan fingerprint density at radius 3 is 2.39 bits per heavy atom. The summed E-state index contributed by atoms with van der Waals surface area (Å²) in [6.45, 7) is -2.90. The second-order valence-electron chi connectivity index (χ2n) is 6.82. The molecule has 1 N–H and O–H groups in total. The highest BCUT2D eigenvalue weighted by molar-refractivity contribution is 9.10. The van der Waals surface area contributed by atoms with Gasteiger partial charge in [0.25, 0.3) is 5.91 Å². The fourth-order valence-corrected chi connectivity index (χ4v) is 3.30. The third-order valence-electron chi connectivity index (χ3n) is 4.59. The van der Waals surface area contributed by atoms with Crippen LogP contribution >= 0.6 is 15.9 Å². The van der Waals surface area contributed by atoms with E-state index in [0.717, 1.165) is 10.2 Å². The Bertz CT molecular complexity index is 1260. The van der Waals surface area contributed by atoms with Crippen LogP contribution in [-0.4, -0.2) is 28.5 Å². The number of nitrogens with one attached hydrogen (secondary N) is 1. The van der Waals surface area contributed by atoms with Gasteiger partial charge in [-0.15, -0.1) is 0 Å². The molecule has 0 aliphatic rings. The fraction of sp³-hybridized carbons (Fsp3) is 0.0417. The molecule has 0 fully saturated rings. The number of hydrazone groups is 1. The first-order valence-corrected chi connectivity index (χ1v) is 10.6. The molecular formula is C24H17BrF2N4O2. The molecule has 1 heterocycles. The number of alkyl halides is 2. The number of aromatic nitrogens is 2. The Labute approximate surface area is 196 Å². The predicted molar refractivity (Wildman–Crippen MR) is 125 cm³/mol. The summed E-state index contributed by atoms with van der Waals surface area (Å²) >= 11 is 3.33. The van der Waals surface area contributed by atoms with Crippen LogP contribution < -0.4 is 10.2 Å². The first-order valence-electron chi connectivity index (χ1n) is 9.79. The summed E-state index contributed by atoms with van der Waals surface area (Å²) in [4.78, 5) is 12.3. The van der Waals surface area contributed by atoms with Crippen molar-refractivity contribution in [2.45, 2.75) is 6.61 Å². The van der Waals surface area contributed by atoms with E-state index in [1.807, 2.05) is 30.3 Å². The molecule has 4 rings (SSSR count). The SMILES string of the molecule is O=C(N/N=C/c1cn(-c2ccccc2)nc1-c1ccc(OC(F)F)cc1)c1ccc(Br)cc1. The minimum Gasteiger partial charge on any atom is -0.435 e. The molecule has 0 aliphatic carbocycles. The molecule has 0 saturated carbocycles. The maximum Gasteiger partial charge on any atom is 0.387 e. The summed E-state index contributed by atoms with van der Waals surface area (Å²) < 4.78 is 31.9. The van der Waals surface area contributed by atoms with Crippen LogP contribution in [0.3, 0.4) is 0 Å². The molecule has 0 radical (unpaired) electrons. The lowest BCUT2D eigenvalue weighted by atomic mass is 10.1. The van der Waals surface area contributed by atoms with Crippen molar-refractivity contribution in [2.24, 2.45) is 5.10 Å². The lowest BCUT2D eigenvalue weighted by Crippen LogP contribution is -2.17. The van der Waals surface area contributed by atoms with Gasteiger partial charge < -0.3 is 4.74 Å². The largest absolute Gasteiger partial charge is 0.435 e. The Morgan fingerprint density at radius 1 is 1.03 bits per heavy atom. The van der Waals surface area contributed by atoms with Gasteiger partial charge in [-0.1, -0.05) is 34.1 Å². The lowest BCUT2D eigenvalue weighted by molar-refractivity contribution is -0.0498. The summed E-state index contributed by atoms with van der Waals surface area (Å²) in [6.07, 6.45) is 3.26. The number of carbonyl (C=O) groups excluding carboxylic acids is 1. The van der Waals surface area contributed by atoms with Gasteiger partial charge in [-0.3, -0.25) is 4.79 Å². The highest BCUT2D eigenvalue weighted by atomic mass is 79.9. The molecule has 0 unspecified atom stereocenters. The number of amides is 1. The molecule has 0 bridgehead atoms. The van der Waals surface area contributed by atoms with Gasteiger partial charge in [0, 0.05) is 27.4 Å². The number of hydrogen-bond donors (Lipinski definition) is 1. The Balaban J connectivity index is 1.61. The van der Waals surface area contributed by atoms with E-state index in [4.69, 9.17) is 0 Å². The van der Waals surface area contributed by atoms with Crippen molar-refractivity contribution in [1.29, 1.82) is 0 Å². The van der Waals surface area contributed by atoms with Gasteiger partial charge in [-0.2, -0.15) is 19.0 Å². The highest BCUT2D eigenvalue weighted by Gasteiger charge is 2.13. The lowest BCUT2D eigenvalue weighted by Gasteiger charge is -2.05.